The molecule has 40 heavy (non-hydrogen) atoms. The minimum atomic E-state index is -4.38. The molecule has 0 saturated heterocycles. The van der Waals surface area contributed by atoms with Crippen LogP contribution in [0.15, 0.2) is 84.5 Å². The van der Waals surface area contributed by atoms with E-state index in [0.29, 0.717) is 41.5 Å². The maximum atomic E-state index is 13.0. The fourth-order valence-corrected chi connectivity index (χ4v) is 5.51. The number of rotatable bonds is 8. The summed E-state index contributed by atoms with van der Waals surface area (Å²) in [6.07, 6.45) is -1.96. The summed E-state index contributed by atoms with van der Waals surface area (Å²) in [7, 11) is 1.64. The minimum Gasteiger partial charge on any atom is -0.497 e. The number of fused-ring (bicyclic) bond motifs is 2. The largest absolute Gasteiger partial charge is 0.497 e. The lowest BCUT2D eigenvalue weighted by Crippen LogP contribution is -2.09. The molecule has 6 rings (SSSR count). The number of halogens is 3. The normalized spacial score (nSPS) is 11.8. The predicted octanol–water partition coefficient (Wildman–Crippen LogP) is 7.44. The van der Waals surface area contributed by atoms with E-state index in [-0.39, 0.29) is 0 Å². The third kappa shape index (κ3) is 5.22. The molecule has 0 aliphatic carbocycles. The van der Waals surface area contributed by atoms with Crippen molar-refractivity contribution in [1.82, 2.24) is 19.5 Å². The molecule has 10 heteroatoms. The van der Waals surface area contributed by atoms with Crippen LogP contribution < -0.4 is 10.1 Å². The Morgan fingerprint density at radius 2 is 1.68 bits per heavy atom. The van der Waals surface area contributed by atoms with Gasteiger partial charge in [-0.15, -0.1) is 11.3 Å². The first kappa shape index (κ1) is 25.8. The molecule has 0 aliphatic rings. The highest BCUT2D eigenvalue weighted by Gasteiger charge is 2.30. The van der Waals surface area contributed by atoms with Crippen LogP contribution in [-0.2, 0) is 19.1 Å². The first-order valence-electron chi connectivity index (χ1n) is 12.6. The summed E-state index contributed by atoms with van der Waals surface area (Å²) < 4.78 is 47.3. The highest BCUT2D eigenvalue weighted by molar-refractivity contribution is 7.17. The van der Waals surface area contributed by atoms with Crippen molar-refractivity contribution in [1.29, 1.82) is 0 Å². The van der Waals surface area contributed by atoms with Crippen LogP contribution in [0.1, 0.15) is 16.7 Å². The molecule has 0 fully saturated rings. The lowest BCUT2D eigenvalue weighted by molar-refractivity contribution is -0.137. The molecule has 3 aromatic carbocycles. The molecule has 0 amide bonds. The summed E-state index contributed by atoms with van der Waals surface area (Å²) in [4.78, 5) is 14.3. The van der Waals surface area contributed by atoms with Crippen molar-refractivity contribution >= 4 is 38.4 Å². The molecule has 1 N–H and O–H groups in total. The topological polar surface area (TPSA) is 64.9 Å². The Hall–Kier alpha value is -4.44. The molecule has 3 aromatic heterocycles. The minimum absolute atomic E-state index is 0.320. The van der Waals surface area contributed by atoms with Crippen LogP contribution in [0, 0.1) is 0 Å². The van der Waals surface area contributed by atoms with Crippen molar-refractivity contribution in [2.24, 2.45) is 0 Å². The van der Waals surface area contributed by atoms with Gasteiger partial charge in [-0.3, -0.25) is 0 Å². The van der Waals surface area contributed by atoms with E-state index in [1.54, 1.807) is 24.8 Å². The number of thiophene rings is 1. The number of anilines is 1. The first-order chi connectivity index (χ1) is 19.4. The van der Waals surface area contributed by atoms with Gasteiger partial charge in [0.15, 0.2) is 17.3 Å². The summed E-state index contributed by atoms with van der Waals surface area (Å²) in [6.45, 7) is 0.939. The van der Waals surface area contributed by atoms with E-state index in [9.17, 15) is 13.2 Å². The van der Waals surface area contributed by atoms with Gasteiger partial charge in [0.2, 0.25) is 0 Å². The van der Waals surface area contributed by atoms with E-state index < -0.39 is 11.7 Å². The van der Waals surface area contributed by atoms with Gasteiger partial charge in [0, 0.05) is 27.6 Å². The van der Waals surface area contributed by atoms with Crippen LogP contribution in [0.5, 0.6) is 5.75 Å². The Kier molecular flexibility index (Phi) is 6.85. The number of imidazole rings is 1. The van der Waals surface area contributed by atoms with E-state index >= 15 is 0 Å². The molecular weight excluding hydrogens is 535 g/mol. The number of aromatic nitrogens is 4. The molecule has 0 radical (unpaired) electrons. The van der Waals surface area contributed by atoms with Crippen LogP contribution in [-0.4, -0.2) is 33.2 Å². The van der Waals surface area contributed by atoms with E-state index in [2.05, 4.69) is 16.4 Å². The Morgan fingerprint density at radius 3 is 2.42 bits per heavy atom. The molecule has 0 unspecified atom stereocenters. The summed E-state index contributed by atoms with van der Waals surface area (Å²) >= 11 is 1.63. The Bertz CT molecular complexity index is 1780. The quantitative estimate of drug-likeness (QED) is 0.210. The van der Waals surface area contributed by atoms with Gasteiger partial charge < -0.3 is 14.6 Å². The Balaban J connectivity index is 1.35. The maximum Gasteiger partial charge on any atom is 0.416 e. The molecule has 3 heterocycles. The molecule has 6 aromatic rings. The van der Waals surface area contributed by atoms with Crippen molar-refractivity contribution in [3.63, 3.8) is 0 Å². The van der Waals surface area contributed by atoms with E-state index in [1.807, 2.05) is 52.4 Å². The lowest BCUT2D eigenvalue weighted by Gasteiger charge is -2.11. The van der Waals surface area contributed by atoms with Crippen LogP contribution >= 0.6 is 11.3 Å². The third-order valence-corrected chi connectivity index (χ3v) is 7.65. The van der Waals surface area contributed by atoms with Crippen molar-refractivity contribution < 1.29 is 17.9 Å². The average molecular weight is 560 g/mol. The SMILES string of the molecule is COc1ccc(CCNc2nc(-c3csc4ccccc34)nc3c2ncn3Cc2ccc(C(F)(F)F)cc2)cc1. The Morgan fingerprint density at radius 1 is 0.925 bits per heavy atom. The second-order valence-corrected chi connectivity index (χ2v) is 10.2. The lowest BCUT2D eigenvalue weighted by atomic mass is 10.1. The molecule has 0 aliphatic heterocycles. The summed E-state index contributed by atoms with van der Waals surface area (Å²) in [6, 6.07) is 21.2. The zero-order valence-corrected chi connectivity index (χ0v) is 22.3. The van der Waals surface area contributed by atoms with Crippen molar-refractivity contribution in [2.45, 2.75) is 19.1 Å². The zero-order chi connectivity index (χ0) is 27.7. The van der Waals surface area contributed by atoms with Crippen LogP contribution in [0.3, 0.4) is 0 Å². The monoisotopic (exact) mass is 559 g/mol. The standard InChI is InChI=1S/C30H24F3N5OS/c1-39-22-12-8-19(9-13-22)14-15-34-28-26-29(37-27(36-28)24-17-40-25-5-3-2-4-23(24)25)38(18-35-26)16-20-6-10-21(11-7-20)30(31,32)33/h2-13,17-18H,14-16H2,1H3,(H,34,36,37). The Labute approximate surface area is 232 Å². The van der Waals surface area contributed by atoms with Gasteiger partial charge >= 0.3 is 6.18 Å². The number of methoxy groups -OCH3 is 1. The molecule has 0 saturated carbocycles. The van der Waals surface area contributed by atoms with Gasteiger partial charge in [0.05, 0.1) is 25.5 Å². The van der Waals surface area contributed by atoms with Gasteiger partial charge in [-0.1, -0.05) is 42.5 Å². The molecule has 0 spiro atoms. The van der Waals surface area contributed by atoms with Crippen molar-refractivity contribution in [3.05, 3.63) is 101 Å². The fourth-order valence-electron chi connectivity index (χ4n) is 4.57. The number of alkyl halides is 3. The number of hydrogen-bond donors (Lipinski definition) is 1. The summed E-state index contributed by atoms with van der Waals surface area (Å²) in [5.41, 5.74) is 3.31. The maximum absolute atomic E-state index is 13.0. The van der Waals surface area contributed by atoms with Crippen LogP contribution in [0.2, 0.25) is 0 Å². The highest BCUT2D eigenvalue weighted by atomic mass is 32.1. The van der Waals surface area contributed by atoms with Gasteiger partial charge in [-0.2, -0.15) is 13.2 Å². The average Bonchev–Trinajstić information content (AvgIpc) is 3.58. The van der Waals surface area contributed by atoms with Crippen molar-refractivity contribution in [3.8, 4) is 17.1 Å². The predicted molar refractivity (Wildman–Crippen MR) is 152 cm³/mol. The summed E-state index contributed by atoms with van der Waals surface area (Å²) in [5, 5.41) is 6.54. The molecule has 0 atom stereocenters. The van der Waals surface area contributed by atoms with E-state index in [4.69, 9.17) is 14.7 Å². The van der Waals surface area contributed by atoms with Gasteiger partial charge in [-0.25, -0.2) is 15.0 Å². The van der Waals surface area contributed by atoms with E-state index in [0.717, 1.165) is 45.5 Å². The third-order valence-electron chi connectivity index (χ3n) is 6.69. The first-order valence-corrected chi connectivity index (χ1v) is 13.5. The van der Waals surface area contributed by atoms with Crippen molar-refractivity contribution in [2.75, 3.05) is 19.0 Å². The second kappa shape index (κ2) is 10.6. The molecule has 202 valence electrons. The van der Waals surface area contributed by atoms with Crippen LogP contribution in [0.4, 0.5) is 19.0 Å². The molecule has 0 bridgehead atoms. The van der Waals surface area contributed by atoms with Gasteiger partial charge in [0.25, 0.3) is 0 Å². The van der Waals surface area contributed by atoms with Gasteiger partial charge in [0.1, 0.15) is 11.3 Å². The molecular formula is C30H24F3N5OS. The van der Waals surface area contributed by atoms with Crippen LogP contribution in [0.25, 0.3) is 32.6 Å². The zero-order valence-electron chi connectivity index (χ0n) is 21.4. The number of nitrogens with one attached hydrogen (secondary N) is 1. The second-order valence-electron chi connectivity index (χ2n) is 9.31. The number of ether oxygens (including phenoxy) is 1. The smallest absolute Gasteiger partial charge is 0.416 e. The summed E-state index contributed by atoms with van der Waals surface area (Å²) in [5.74, 6) is 1.97. The number of hydrogen-bond acceptors (Lipinski definition) is 6. The molecule has 6 nitrogen and oxygen atoms in total. The van der Waals surface area contributed by atoms with E-state index in [1.165, 1.54) is 12.1 Å². The number of nitrogens with zero attached hydrogens (tertiary/aromatic N) is 4. The van der Waals surface area contributed by atoms with Gasteiger partial charge in [-0.05, 0) is 47.9 Å². The highest BCUT2D eigenvalue weighted by Crippen LogP contribution is 2.34. The number of benzene rings is 3. The fraction of sp³-hybridized carbons (Fsp3) is 0.167.